The van der Waals surface area contributed by atoms with E-state index in [1.807, 2.05) is 11.9 Å². The van der Waals surface area contributed by atoms with Gasteiger partial charge in [-0.25, -0.2) is 4.98 Å². The highest BCUT2D eigenvalue weighted by Gasteiger charge is 2.34. The van der Waals surface area contributed by atoms with Crippen molar-refractivity contribution in [2.75, 3.05) is 38.5 Å². The Hall–Kier alpha value is -4.88. The van der Waals surface area contributed by atoms with E-state index in [2.05, 4.69) is 35.4 Å². The van der Waals surface area contributed by atoms with Crippen LogP contribution in [0.3, 0.4) is 0 Å². The summed E-state index contributed by atoms with van der Waals surface area (Å²) < 4.78 is 48.1. The largest absolute Gasteiger partial charge is 0.438 e. The number of nitrogens with zero attached hydrogens (tertiary/aromatic N) is 6. The van der Waals surface area contributed by atoms with Crippen LogP contribution < -0.4 is 10.1 Å². The lowest BCUT2D eigenvalue weighted by Crippen LogP contribution is -2.44. The fraction of sp³-hybridized carbons (Fsp3) is 0.233. The molecule has 220 valence electrons. The molecule has 0 aliphatic carbocycles. The molecule has 1 fully saturated rings. The number of ether oxygens (including phenoxy) is 1. The summed E-state index contributed by atoms with van der Waals surface area (Å²) in [5.41, 5.74) is 0.769. The fourth-order valence-corrected chi connectivity index (χ4v) is 4.83. The first-order chi connectivity index (χ1) is 20.7. The van der Waals surface area contributed by atoms with E-state index < -0.39 is 17.6 Å². The molecule has 0 spiro atoms. The summed E-state index contributed by atoms with van der Waals surface area (Å²) in [5.74, 6) is 0.307. The van der Waals surface area contributed by atoms with Crippen molar-refractivity contribution in [3.63, 3.8) is 0 Å². The Labute approximate surface area is 244 Å². The van der Waals surface area contributed by atoms with Gasteiger partial charge < -0.3 is 15.0 Å². The summed E-state index contributed by atoms with van der Waals surface area (Å²) >= 11 is 0. The van der Waals surface area contributed by atoms with E-state index in [1.165, 1.54) is 18.3 Å². The van der Waals surface area contributed by atoms with Crippen molar-refractivity contribution in [1.82, 2.24) is 34.9 Å². The SMILES string of the molecule is CN1CCN(Cc2ccc(C(=O)Nc3cccc(Oc4nc(-c5ccncc5)nc5[nH]ncc45)c3)cc2C(F)(F)F)CC1. The number of aromatic nitrogens is 5. The van der Waals surface area contributed by atoms with Crippen LogP contribution in [0.15, 0.2) is 73.2 Å². The van der Waals surface area contributed by atoms with E-state index in [-0.39, 0.29) is 23.6 Å². The van der Waals surface area contributed by atoms with Gasteiger partial charge in [0, 0.05) is 68.0 Å². The number of amides is 1. The molecule has 10 nitrogen and oxygen atoms in total. The topological polar surface area (TPSA) is 112 Å². The van der Waals surface area contributed by atoms with Gasteiger partial charge in [-0.1, -0.05) is 12.1 Å². The Morgan fingerprint density at radius 1 is 1.02 bits per heavy atom. The Balaban J connectivity index is 1.21. The first kappa shape index (κ1) is 28.2. The predicted molar refractivity (Wildman–Crippen MR) is 154 cm³/mol. The zero-order valence-corrected chi connectivity index (χ0v) is 23.1. The number of carbonyl (C=O) groups is 1. The minimum Gasteiger partial charge on any atom is -0.438 e. The molecule has 0 radical (unpaired) electrons. The molecular weight excluding hydrogens is 561 g/mol. The number of hydrogen-bond donors (Lipinski definition) is 2. The number of nitrogens with one attached hydrogen (secondary N) is 2. The number of hydrogen-bond acceptors (Lipinski definition) is 8. The van der Waals surface area contributed by atoms with E-state index in [0.29, 0.717) is 41.4 Å². The quantitative estimate of drug-likeness (QED) is 0.266. The molecule has 0 bridgehead atoms. The lowest BCUT2D eigenvalue weighted by Gasteiger charge is -2.33. The molecule has 13 heteroatoms. The summed E-state index contributed by atoms with van der Waals surface area (Å²) in [7, 11) is 1.99. The molecule has 6 rings (SSSR count). The number of carbonyl (C=O) groups excluding carboxylic acids is 1. The third-order valence-electron chi connectivity index (χ3n) is 7.19. The van der Waals surface area contributed by atoms with E-state index in [1.54, 1.807) is 48.8 Å². The van der Waals surface area contributed by atoms with Gasteiger partial charge >= 0.3 is 6.18 Å². The van der Waals surface area contributed by atoms with Crippen LogP contribution in [0.4, 0.5) is 18.9 Å². The van der Waals surface area contributed by atoms with Gasteiger partial charge in [0.2, 0.25) is 5.88 Å². The molecule has 1 aliphatic heterocycles. The number of piperazine rings is 1. The van der Waals surface area contributed by atoms with Crippen molar-refractivity contribution in [3.8, 4) is 23.0 Å². The van der Waals surface area contributed by atoms with Gasteiger partial charge in [-0.15, -0.1) is 0 Å². The number of likely N-dealkylation sites (N-methyl/N-ethyl adjacent to an activating group) is 1. The summed E-state index contributed by atoms with van der Waals surface area (Å²) in [6.07, 6.45) is 0.192. The molecule has 5 aromatic rings. The number of alkyl halides is 3. The highest BCUT2D eigenvalue weighted by atomic mass is 19.4. The number of benzene rings is 2. The molecule has 0 atom stereocenters. The number of fused-ring (bicyclic) bond motifs is 1. The van der Waals surface area contributed by atoms with E-state index in [9.17, 15) is 18.0 Å². The molecule has 0 unspecified atom stereocenters. The molecule has 3 aromatic heterocycles. The van der Waals surface area contributed by atoms with E-state index in [4.69, 9.17) is 4.74 Å². The molecular formula is C30H27F3N8O2. The van der Waals surface area contributed by atoms with Gasteiger partial charge in [-0.3, -0.25) is 19.8 Å². The van der Waals surface area contributed by atoms with Gasteiger partial charge in [-0.05, 0) is 49.0 Å². The van der Waals surface area contributed by atoms with Crippen molar-refractivity contribution in [1.29, 1.82) is 0 Å². The van der Waals surface area contributed by atoms with Crippen LogP contribution in [0, 0.1) is 0 Å². The summed E-state index contributed by atoms with van der Waals surface area (Å²) in [6.45, 7) is 3.11. The molecule has 0 saturated carbocycles. The number of pyridine rings is 1. The standard InChI is InChI=1S/C30H27F3N8O2/c1-40-11-13-41(14-12-40)18-21-6-5-20(15-25(21)30(31,32)33)28(42)36-22-3-2-4-23(16-22)43-29-24-17-35-39-27(24)37-26(38-29)19-7-9-34-10-8-19/h2-10,15-17H,11-14,18H2,1H3,(H,36,42)(H,35,37,38,39). The Morgan fingerprint density at radius 3 is 2.58 bits per heavy atom. The van der Waals surface area contributed by atoms with Crippen LogP contribution in [0.2, 0.25) is 0 Å². The van der Waals surface area contributed by atoms with Crippen LogP contribution in [-0.2, 0) is 12.7 Å². The molecule has 2 N–H and O–H groups in total. The third kappa shape index (κ3) is 6.47. The van der Waals surface area contributed by atoms with Gasteiger partial charge in [0.15, 0.2) is 11.5 Å². The zero-order chi connectivity index (χ0) is 30.0. The van der Waals surface area contributed by atoms with Crippen molar-refractivity contribution in [2.24, 2.45) is 0 Å². The normalized spacial score (nSPS) is 14.6. The number of halogens is 3. The summed E-state index contributed by atoms with van der Waals surface area (Å²) in [4.78, 5) is 30.2. The molecule has 1 saturated heterocycles. The maximum absolute atomic E-state index is 14.0. The summed E-state index contributed by atoms with van der Waals surface area (Å²) in [5, 5.41) is 10.1. The van der Waals surface area contributed by atoms with Crippen LogP contribution >= 0.6 is 0 Å². The highest BCUT2D eigenvalue weighted by molar-refractivity contribution is 6.04. The van der Waals surface area contributed by atoms with Gasteiger partial charge in [0.05, 0.1) is 11.8 Å². The first-order valence-electron chi connectivity index (χ1n) is 13.5. The Bertz CT molecular complexity index is 1750. The van der Waals surface area contributed by atoms with Gasteiger partial charge in [0.1, 0.15) is 11.1 Å². The predicted octanol–water partition coefficient (Wildman–Crippen LogP) is 5.23. The van der Waals surface area contributed by atoms with Crippen LogP contribution in [0.1, 0.15) is 21.5 Å². The van der Waals surface area contributed by atoms with Gasteiger partial charge in [0.25, 0.3) is 5.91 Å². The molecule has 1 aliphatic rings. The fourth-order valence-electron chi connectivity index (χ4n) is 4.83. The average molecular weight is 589 g/mol. The van der Waals surface area contributed by atoms with Crippen molar-refractivity contribution in [2.45, 2.75) is 12.7 Å². The summed E-state index contributed by atoms with van der Waals surface area (Å²) in [6, 6.07) is 13.8. The minimum absolute atomic E-state index is 0.0985. The van der Waals surface area contributed by atoms with E-state index in [0.717, 1.165) is 24.7 Å². The minimum atomic E-state index is -4.60. The Morgan fingerprint density at radius 2 is 1.81 bits per heavy atom. The molecule has 4 heterocycles. The maximum atomic E-state index is 14.0. The maximum Gasteiger partial charge on any atom is 0.416 e. The van der Waals surface area contributed by atoms with Crippen molar-refractivity contribution in [3.05, 3.63) is 89.9 Å². The monoisotopic (exact) mass is 588 g/mol. The average Bonchev–Trinajstić information content (AvgIpc) is 3.48. The van der Waals surface area contributed by atoms with Crippen molar-refractivity contribution < 1.29 is 22.7 Å². The Kier molecular flexibility index (Phi) is 7.74. The first-order valence-corrected chi connectivity index (χ1v) is 13.5. The van der Waals surface area contributed by atoms with Crippen LogP contribution in [0.25, 0.3) is 22.4 Å². The van der Waals surface area contributed by atoms with Crippen LogP contribution in [0.5, 0.6) is 11.6 Å². The number of aromatic amines is 1. The molecule has 2 aromatic carbocycles. The van der Waals surface area contributed by atoms with Crippen LogP contribution in [-0.4, -0.2) is 74.1 Å². The molecule has 43 heavy (non-hydrogen) atoms. The number of H-pyrrole nitrogens is 1. The van der Waals surface area contributed by atoms with E-state index >= 15 is 0 Å². The smallest absolute Gasteiger partial charge is 0.416 e. The highest BCUT2D eigenvalue weighted by Crippen LogP contribution is 2.34. The number of rotatable bonds is 7. The third-order valence-corrected chi connectivity index (χ3v) is 7.19. The van der Waals surface area contributed by atoms with Crippen molar-refractivity contribution >= 4 is 22.6 Å². The second kappa shape index (κ2) is 11.8. The zero-order valence-electron chi connectivity index (χ0n) is 23.1. The lowest BCUT2D eigenvalue weighted by atomic mass is 10.0. The second-order valence-electron chi connectivity index (χ2n) is 10.3. The lowest BCUT2D eigenvalue weighted by molar-refractivity contribution is -0.138. The second-order valence-corrected chi connectivity index (χ2v) is 10.3. The number of anilines is 1. The van der Waals surface area contributed by atoms with Gasteiger partial charge in [-0.2, -0.15) is 23.3 Å². The molecule has 1 amide bonds.